The van der Waals surface area contributed by atoms with Crippen LogP contribution in [0.1, 0.15) is 64.7 Å². The molecule has 1 aliphatic heterocycles. The van der Waals surface area contributed by atoms with Crippen LogP contribution in [0.2, 0.25) is 0 Å². The van der Waals surface area contributed by atoms with Crippen LogP contribution in [0.3, 0.4) is 0 Å². The summed E-state index contributed by atoms with van der Waals surface area (Å²) < 4.78 is 0. The fourth-order valence-corrected chi connectivity index (χ4v) is 4.29. The molecule has 0 unspecified atom stereocenters. The fraction of sp³-hybridized carbons (Fsp3) is 0.875. The maximum atomic E-state index is 12.8. The van der Waals surface area contributed by atoms with Gasteiger partial charge in [-0.2, -0.15) is 0 Å². The highest BCUT2D eigenvalue weighted by molar-refractivity contribution is 6.07. The lowest BCUT2D eigenvalue weighted by Gasteiger charge is -2.37. The Kier molecular flexibility index (Phi) is 3.74. The molecule has 1 spiro atoms. The number of imide groups is 1. The standard InChI is InChI=1S/C16H26N2O2/c1-12-7-5-6-10-16(12)14(19)18(15(20)17-16)11-13-8-3-2-4-9-13/h12-13H,2-11H2,1H3,(H,17,20)/t12-,16+/m0/s1. The molecule has 3 aliphatic rings. The van der Waals surface area contributed by atoms with Gasteiger partial charge < -0.3 is 5.32 Å². The van der Waals surface area contributed by atoms with E-state index in [1.54, 1.807) is 0 Å². The van der Waals surface area contributed by atoms with E-state index in [-0.39, 0.29) is 17.9 Å². The number of hydrogen-bond donors (Lipinski definition) is 1. The van der Waals surface area contributed by atoms with Gasteiger partial charge in [-0.25, -0.2) is 4.79 Å². The Morgan fingerprint density at radius 3 is 2.50 bits per heavy atom. The van der Waals surface area contributed by atoms with Crippen molar-refractivity contribution < 1.29 is 9.59 Å². The number of nitrogens with zero attached hydrogens (tertiary/aromatic N) is 1. The molecule has 112 valence electrons. The summed E-state index contributed by atoms with van der Waals surface area (Å²) in [5.74, 6) is 0.844. The minimum absolute atomic E-state index is 0.0558. The second kappa shape index (κ2) is 5.38. The van der Waals surface area contributed by atoms with Crippen molar-refractivity contribution in [2.45, 2.75) is 70.3 Å². The number of carbonyl (C=O) groups is 2. The molecule has 0 bridgehead atoms. The van der Waals surface area contributed by atoms with Crippen molar-refractivity contribution in [3.8, 4) is 0 Å². The van der Waals surface area contributed by atoms with Crippen molar-refractivity contribution in [1.29, 1.82) is 0 Å². The molecule has 3 amide bonds. The van der Waals surface area contributed by atoms with E-state index < -0.39 is 5.54 Å². The zero-order valence-corrected chi connectivity index (χ0v) is 12.5. The molecule has 3 fully saturated rings. The van der Waals surface area contributed by atoms with E-state index in [0.717, 1.165) is 19.3 Å². The topological polar surface area (TPSA) is 49.4 Å². The predicted octanol–water partition coefficient (Wildman–Crippen LogP) is 3.07. The molecule has 2 aliphatic carbocycles. The molecule has 1 N–H and O–H groups in total. The maximum Gasteiger partial charge on any atom is 0.325 e. The third-order valence-corrected chi connectivity index (χ3v) is 5.67. The van der Waals surface area contributed by atoms with Crippen LogP contribution in [0.4, 0.5) is 4.79 Å². The van der Waals surface area contributed by atoms with E-state index in [1.807, 2.05) is 0 Å². The number of rotatable bonds is 2. The smallest absolute Gasteiger partial charge is 0.323 e. The van der Waals surface area contributed by atoms with Crippen molar-refractivity contribution in [2.75, 3.05) is 6.54 Å². The van der Waals surface area contributed by atoms with Crippen molar-refractivity contribution >= 4 is 11.9 Å². The van der Waals surface area contributed by atoms with Crippen molar-refractivity contribution in [3.05, 3.63) is 0 Å². The van der Waals surface area contributed by atoms with Gasteiger partial charge in [0.1, 0.15) is 5.54 Å². The van der Waals surface area contributed by atoms with Gasteiger partial charge in [-0.3, -0.25) is 9.69 Å². The normalized spacial score (nSPS) is 35.6. The molecule has 4 nitrogen and oxygen atoms in total. The zero-order chi connectivity index (χ0) is 14.2. The number of urea groups is 1. The summed E-state index contributed by atoms with van der Waals surface area (Å²) in [5, 5.41) is 3.05. The zero-order valence-electron chi connectivity index (χ0n) is 12.5. The van der Waals surface area contributed by atoms with Crippen molar-refractivity contribution in [3.63, 3.8) is 0 Å². The summed E-state index contributed by atoms with van der Waals surface area (Å²) in [6, 6.07) is -0.144. The Morgan fingerprint density at radius 2 is 1.80 bits per heavy atom. The van der Waals surface area contributed by atoms with Crippen LogP contribution in [0.25, 0.3) is 0 Å². The van der Waals surface area contributed by atoms with Gasteiger partial charge in [-0.1, -0.05) is 39.0 Å². The van der Waals surface area contributed by atoms with Crippen molar-refractivity contribution in [2.24, 2.45) is 11.8 Å². The highest BCUT2D eigenvalue weighted by Crippen LogP contribution is 2.39. The van der Waals surface area contributed by atoms with Crippen LogP contribution in [0, 0.1) is 11.8 Å². The second-order valence-electron chi connectivity index (χ2n) is 6.97. The first-order valence-electron chi connectivity index (χ1n) is 8.27. The molecule has 2 saturated carbocycles. The molecule has 0 aromatic carbocycles. The molecule has 0 aromatic rings. The van der Waals surface area contributed by atoms with Crippen LogP contribution in [-0.4, -0.2) is 28.9 Å². The van der Waals surface area contributed by atoms with Gasteiger partial charge in [0.05, 0.1) is 0 Å². The Morgan fingerprint density at radius 1 is 1.10 bits per heavy atom. The lowest BCUT2D eigenvalue weighted by Crippen LogP contribution is -2.54. The first-order chi connectivity index (χ1) is 9.63. The van der Waals surface area contributed by atoms with E-state index in [4.69, 9.17) is 0 Å². The molecule has 4 heteroatoms. The highest BCUT2D eigenvalue weighted by Gasteiger charge is 2.54. The summed E-state index contributed by atoms with van der Waals surface area (Å²) >= 11 is 0. The predicted molar refractivity (Wildman–Crippen MR) is 77.2 cm³/mol. The Hall–Kier alpha value is -1.06. The van der Waals surface area contributed by atoms with Crippen LogP contribution in [0.5, 0.6) is 0 Å². The first-order valence-corrected chi connectivity index (χ1v) is 8.27. The maximum absolute atomic E-state index is 12.8. The molecule has 0 radical (unpaired) electrons. The van der Waals surface area contributed by atoms with E-state index in [1.165, 1.54) is 43.4 Å². The van der Waals surface area contributed by atoms with Crippen molar-refractivity contribution in [1.82, 2.24) is 10.2 Å². The summed E-state index contributed by atoms with van der Waals surface area (Å²) in [4.78, 5) is 26.6. The van der Waals surface area contributed by atoms with Gasteiger partial charge >= 0.3 is 6.03 Å². The minimum atomic E-state index is -0.579. The lowest BCUT2D eigenvalue weighted by molar-refractivity contribution is -0.134. The third-order valence-electron chi connectivity index (χ3n) is 5.67. The Balaban J connectivity index is 1.72. The van der Waals surface area contributed by atoms with Gasteiger partial charge in [0.25, 0.3) is 5.91 Å². The number of nitrogens with one attached hydrogen (secondary N) is 1. The lowest BCUT2D eigenvalue weighted by atomic mass is 9.73. The summed E-state index contributed by atoms with van der Waals surface area (Å²) in [6.07, 6.45) is 10.2. The largest absolute Gasteiger partial charge is 0.325 e. The van der Waals surface area contributed by atoms with Gasteiger partial charge in [0.15, 0.2) is 0 Å². The van der Waals surface area contributed by atoms with Gasteiger partial charge in [0.2, 0.25) is 0 Å². The monoisotopic (exact) mass is 278 g/mol. The SMILES string of the molecule is C[C@H]1CCCC[C@@]12NC(=O)N(CC1CCCCC1)C2=O. The quantitative estimate of drug-likeness (QED) is 0.789. The van der Waals surface area contributed by atoms with Crippen LogP contribution in [-0.2, 0) is 4.79 Å². The molecule has 0 aromatic heterocycles. The fourth-order valence-electron chi connectivity index (χ4n) is 4.29. The number of amides is 3. The molecule has 3 rings (SSSR count). The van der Waals surface area contributed by atoms with Gasteiger partial charge in [-0.15, -0.1) is 0 Å². The summed E-state index contributed by atoms with van der Waals surface area (Å²) in [7, 11) is 0. The first kappa shape index (κ1) is 13.9. The molecule has 1 saturated heterocycles. The average Bonchev–Trinajstić information content (AvgIpc) is 2.69. The average molecular weight is 278 g/mol. The molecule has 1 heterocycles. The van der Waals surface area contributed by atoms with E-state index >= 15 is 0 Å². The third kappa shape index (κ3) is 2.23. The van der Waals surface area contributed by atoms with Gasteiger partial charge in [0, 0.05) is 6.54 Å². The summed E-state index contributed by atoms with van der Waals surface area (Å²) in [5.41, 5.74) is -0.579. The number of carbonyl (C=O) groups excluding carboxylic acids is 2. The molecule has 2 atom stereocenters. The summed E-state index contributed by atoms with van der Waals surface area (Å²) in [6.45, 7) is 2.75. The number of hydrogen-bond acceptors (Lipinski definition) is 2. The van der Waals surface area contributed by atoms with Crippen LogP contribution < -0.4 is 5.32 Å². The highest BCUT2D eigenvalue weighted by atomic mass is 16.2. The van der Waals surface area contributed by atoms with E-state index in [2.05, 4.69) is 12.2 Å². The van der Waals surface area contributed by atoms with Gasteiger partial charge in [-0.05, 0) is 37.5 Å². The molecule has 20 heavy (non-hydrogen) atoms. The Labute approximate surface area is 121 Å². The molecular formula is C16H26N2O2. The minimum Gasteiger partial charge on any atom is -0.323 e. The Bertz CT molecular complexity index is 403. The molecular weight excluding hydrogens is 252 g/mol. The van der Waals surface area contributed by atoms with E-state index in [0.29, 0.717) is 12.5 Å². The van der Waals surface area contributed by atoms with Crippen LogP contribution in [0.15, 0.2) is 0 Å². The van der Waals surface area contributed by atoms with Crippen LogP contribution >= 0.6 is 0 Å². The second-order valence-corrected chi connectivity index (χ2v) is 6.97. The van der Waals surface area contributed by atoms with E-state index in [9.17, 15) is 9.59 Å².